The van der Waals surface area contributed by atoms with Crippen LogP contribution in [0.2, 0.25) is 0 Å². The second-order valence-corrected chi connectivity index (χ2v) is 11.7. The zero-order valence-electron chi connectivity index (χ0n) is 25.2. The fourth-order valence-corrected chi connectivity index (χ4v) is 5.60. The summed E-state index contributed by atoms with van der Waals surface area (Å²) >= 11 is 0. The Bertz CT molecular complexity index is 1800. The molecule has 2 aromatic heterocycles. The molecule has 0 amide bonds. The zero-order chi connectivity index (χ0) is 30.6. The van der Waals surface area contributed by atoms with E-state index in [1.54, 1.807) is 6.07 Å². The van der Waals surface area contributed by atoms with Gasteiger partial charge in [0.15, 0.2) is 0 Å². The van der Waals surface area contributed by atoms with Crippen molar-refractivity contribution in [3.8, 4) is 0 Å². The monoisotopic (exact) mass is 587 g/mol. The molecule has 3 aromatic carbocycles. The molecule has 2 N–H and O–H groups in total. The number of aromatic nitrogens is 2. The lowest BCUT2D eigenvalue weighted by Gasteiger charge is -2.11. The van der Waals surface area contributed by atoms with Crippen molar-refractivity contribution in [2.45, 2.75) is 50.5 Å². The van der Waals surface area contributed by atoms with Gasteiger partial charge >= 0.3 is 11.9 Å². The van der Waals surface area contributed by atoms with Gasteiger partial charge in [0.25, 0.3) is 0 Å². The number of nitrogen functional groups attached to an aromatic ring is 1. The lowest BCUT2D eigenvalue weighted by atomic mass is 9.96. The number of ether oxygens (including phenoxy) is 2. The van der Waals surface area contributed by atoms with Gasteiger partial charge in [-0.3, -0.25) is 0 Å². The number of hydrogen-bond acceptors (Lipinski definition) is 6. The Labute approximate surface area is 257 Å². The predicted octanol–water partition coefficient (Wildman–Crippen LogP) is 7.27. The largest absolute Gasteiger partial charge is 0.465 e. The highest BCUT2D eigenvalue weighted by molar-refractivity contribution is 5.95. The normalized spacial score (nSPS) is 14.0. The quantitative estimate of drug-likeness (QED) is 0.151. The first-order valence-corrected chi connectivity index (χ1v) is 15.1. The first kappa shape index (κ1) is 29.2. The summed E-state index contributed by atoms with van der Waals surface area (Å²) in [6.45, 7) is 0.797. The number of rotatable bonds is 8. The van der Waals surface area contributed by atoms with Crippen LogP contribution in [0.4, 0.5) is 5.69 Å². The van der Waals surface area contributed by atoms with Gasteiger partial charge < -0.3 is 19.8 Å². The number of esters is 2. The smallest absolute Gasteiger partial charge is 0.339 e. The van der Waals surface area contributed by atoms with E-state index in [0.29, 0.717) is 35.1 Å². The maximum Gasteiger partial charge on any atom is 0.339 e. The Balaban J connectivity index is 0.000000205. The summed E-state index contributed by atoms with van der Waals surface area (Å²) < 4.78 is 11.9. The van der Waals surface area contributed by atoms with Gasteiger partial charge in [0.2, 0.25) is 0 Å². The topological polar surface area (TPSA) is 96.4 Å². The lowest BCUT2D eigenvalue weighted by Crippen LogP contribution is -2.07. The van der Waals surface area contributed by atoms with Crippen LogP contribution in [0.3, 0.4) is 0 Å². The molecule has 0 unspecified atom stereocenters. The van der Waals surface area contributed by atoms with Gasteiger partial charge in [0.1, 0.15) is 5.65 Å². The number of fused-ring (bicyclic) bond motifs is 1. The van der Waals surface area contributed by atoms with E-state index in [1.807, 2.05) is 30.5 Å². The first-order chi connectivity index (χ1) is 21.4. The third kappa shape index (κ3) is 6.67. The van der Waals surface area contributed by atoms with Crippen LogP contribution in [0.1, 0.15) is 86.1 Å². The molecule has 224 valence electrons. The highest BCUT2D eigenvalue weighted by atomic mass is 16.5. The maximum absolute atomic E-state index is 12.4. The second-order valence-electron chi connectivity index (χ2n) is 11.7. The second kappa shape index (κ2) is 12.8. The molecule has 7 nitrogen and oxygen atoms in total. The van der Waals surface area contributed by atoms with Gasteiger partial charge in [-0.2, -0.15) is 0 Å². The van der Waals surface area contributed by atoms with Crippen molar-refractivity contribution in [1.29, 1.82) is 0 Å². The molecule has 0 bridgehead atoms. The van der Waals surface area contributed by atoms with Crippen LogP contribution in [0.15, 0.2) is 91.3 Å². The molecule has 0 atom stereocenters. The minimum Gasteiger partial charge on any atom is -0.465 e. The van der Waals surface area contributed by atoms with Crippen LogP contribution in [0.25, 0.3) is 11.0 Å². The Morgan fingerprint density at radius 2 is 1.43 bits per heavy atom. The van der Waals surface area contributed by atoms with E-state index in [0.717, 1.165) is 28.7 Å². The Kier molecular flexibility index (Phi) is 8.46. The number of methoxy groups -OCH3 is 2. The van der Waals surface area contributed by atoms with Crippen molar-refractivity contribution in [3.05, 3.63) is 130 Å². The summed E-state index contributed by atoms with van der Waals surface area (Å²) in [6.07, 6.45) is 9.50. The van der Waals surface area contributed by atoms with Crippen LogP contribution in [0.5, 0.6) is 0 Å². The third-order valence-corrected chi connectivity index (χ3v) is 8.37. The molecule has 2 saturated carbocycles. The Morgan fingerprint density at radius 3 is 2.09 bits per heavy atom. The van der Waals surface area contributed by atoms with Crippen LogP contribution >= 0.6 is 0 Å². The summed E-state index contributed by atoms with van der Waals surface area (Å²) in [5.74, 6) is 0.601. The molecular formula is C37H37N3O4. The number of hydrogen-bond donors (Lipinski definition) is 1. The van der Waals surface area contributed by atoms with Crippen molar-refractivity contribution >= 4 is 28.7 Å². The van der Waals surface area contributed by atoms with E-state index >= 15 is 0 Å². The van der Waals surface area contributed by atoms with Crippen LogP contribution in [-0.4, -0.2) is 35.7 Å². The summed E-state index contributed by atoms with van der Waals surface area (Å²) in [4.78, 5) is 28.4. The van der Waals surface area contributed by atoms with E-state index in [4.69, 9.17) is 15.5 Å². The minimum atomic E-state index is -0.356. The lowest BCUT2D eigenvalue weighted by molar-refractivity contribution is 0.0591. The summed E-state index contributed by atoms with van der Waals surface area (Å²) in [7, 11) is 2.81. The van der Waals surface area contributed by atoms with Crippen molar-refractivity contribution in [3.63, 3.8) is 0 Å². The third-order valence-electron chi connectivity index (χ3n) is 8.37. The minimum absolute atomic E-state index is 0.268. The average molecular weight is 588 g/mol. The number of nitrogens with zero attached hydrogens (tertiary/aromatic N) is 2. The van der Waals surface area contributed by atoms with Gasteiger partial charge in [-0.25, -0.2) is 14.6 Å². The molecule has 0 radical (unpaired) electrons. The fraction of sp³-hybridized carbons (Fsp3) is 0.270. The molecule has 0 saturated heterocycles. The number of carbonyl (C=O) groups excluding carboxylic acids is 2. The molecule has 5 aromatic rings. The summed E-state index contributed by atoms with van der Waals surface area (Å²) in [5.41, 5.74) is 14.1. The highest BCUT2D eigenvalue weighted by Gasteiger charge is 2.26. The molecule has 0 aliphatic heterocycles. The number of pyridine rings is 1. The van der Waals surface area contributed by atoms with Gasteiger partial charge in [-0.05, 0) is 102 Å². The first-order valence-electron chi connectivity index (χ1n) is 15.1. The van der Waals surface area contributed by atoms with Crippen LogP contribution < -0.4 is 5.73 Å². The van der Waals surface area contributed by atoms with E-state index in [1.165, 1.54) is 56.6 Å². The molecule has 44 heavy (non-hydrogen) atoms. The van der Waals surface area contributed by atoms with Crippen molar-refractivity contribution in [2.75, 3.05) is 20.0 Å². The molecule has 2 heterocycles. The summed E-state index contributed by atoms with van der Waals surface area (Å²) in [6, 6.07) is 26.5. The SMILES string of the molecule is COC(=O)c1cc(C2CC2)ccc1Cc1cnc2c(ccn2Cc2ccccc2)c1.COC(=O)c1cc(C2CC2)ccc1N. The number of nitrogens with two attached hydrogens (primary N) is 1. The molecule has 7 heteroatoms. The highest BCUT2D eigenvalue weighted by Crippen LogP contribution is 2.41. The van der Waals surface area contributed by atoms with Crippen molar-refractivity contribution in [1.82, 2.24) is 9.55 Å². The van der Waals surface area contributed by atoms with E-state index in [-0.39, 0.29) is 11.9 Å². The van der Waals surface area contributed by atoms with E-state index in [9.17, 15) is 9.59 Å². The van der Waals surface area contributed by atoms with Crippen molar-refractivity contribution < 1.29 is 19.1 Å². The van der Waals surface area contributed by atoms with Crippen LogP contribution in [0, 0.1) is 0 Å². The van der Waals surface area contributed by atoms with Gasteiger partial charge in [-0.1, -0.05) is 48.5 Å². The van der Waals surface area contributed by atoms with Gasteiger partial charge in [0.05, 0.1) is 25.3 Å². The van der Waals surface area contributed by atoms with E-state index < -0.39 is 0 Å². The average Bonchev–Trinajstić information content (AvgIpc) is 4.00. The van der Waals surface area contributed by atoms with Gasteiger partial charge in [-0.15, -0.1) is 0 Å². The molecular weight excluding hydrogens is 550 g/mol. The van der Waals surface area contributed by atoms with Crippen molar-refractivity contribution in [2.24, 2.45) is 0 Å². The number of benzene rings is 3. The maximum atomic E-state index is 12.4. The molecule has 7 rings (SSSR count). The number of carbonyl (C=O) groups is 2. The predicted molar refractivity (Wildman–Crippen MR) is 172 cm³/mol. The Morgan fingerprint density at radius 1 is 0.795 bits per heavy atom. The standard InChI is InChI=1S/C26H24N2O2.C11H13NO2/c1-30-26(29)24-15-21(20-7-8-20)9-10-22(24)13-19-14-23-11-12-28(25(23)27-16-19)17-18-5-3-2-4-6-18;1-14-11(13)9-6-8(7-2-3-7)4-5-10(9)12/h2-6,9-12,14-16,20H,7-8,13,17H2,1H3;4-7H,2-3,12H2,1H3. The van der Waals surface area contributed by atoms with Gasteiger partial charge in [0, 0.05) is 30.0 Å². The molecule has 2 aliphatic carbocycles. The Hall–Kier alpha value is -4.91. The molecule has 2 fully saturated rings. The zero-order valence-corrected chi connectivity index (χ0v) is 25.2. The summed E-state index contributed by atoms with van der Waals surface area (Å²) in [5, 5.41) is 1.11. The van der Waals surface area contributed by atoms with Crippen LogP contribution in [-0.2, 0) is 22.4 Å². The molecule has 0 spiro atoms. The van der Waals surface area contributed by atoms with E-state index in [2.05, 4.69) is 64.0 Å². The molecule has 2 aliphatic rings. The fourth-order valence-electron chi connectivity index (χ4n) is 5.60. The number of anilines is 1.